The lowest BCUT2D eigenvalue weighted by Crippen LogP contribution is -2.37. The highest BCUT2D eigenvalue weighted by Gasteiger charge is 2.17. The fourth-order valence-corrected chi connectivity index (χ4v) is 3.43. The topological polar surface area (TPSA) is 87.5 Å². The second kappa shape index (κ2) is 11.3. The van der Waals surface area contributed by atoms with Crippen LogP contribution in [0.2, 0.25) is 0 Å². The van der Waals surface area contributed by atoms with E-state index in [1.54, 1.807) is 0 Å². The molecule has 1 atom stereocenters. The lowest BCUT2D eigenvalue weighted by atomic mass is 10.0. The summed E-state index contributed by atoms with van der Waals surface area (Å²) in [6.45, 7) is 4.45. The summed E-state index contributed by atoms with van der Waals surface area (Å²) < 4.78 is 0.877. The Bertz CT molecular complexity index is 770. The molecule has 0 unspecified atom stereocenters. The zero-order chi connectivity index (χ0) is 20.4. The molecule has 4 N–H and O–H groups in total. The maximum Gasteiger partial charge on any atom is 0.312 e. The van der Waals surface area contributed by atoms with Crippen molar-refractivity contribution in [1.29, 1.82) is 0 Å². The molecule has 0 aliphatic rings. The van der Waals surface area contributed by atoms with Crippen LogP contribution in [0.1, 0.15) is 31.4 Å². The summed E-state index contributed by atoms with van der Waals surface area (Å²) >= 11 is 3.40. The van der Waals surface area contributed by atoms with E-state index >= 15 is 0 Å². The molecule has 6 nitrogen and oxygen atoms in total. The van der Waals surface area contributed by atoms with Gasteiger partial charge in [0.2, 0.25) is 5.91 Å². The normalized spacial score (nSPS) is 11.5. The maximum absolute atomic E-state index is 12.3. The molecule has 0 fully saturated rings. The molecule has 0 heterocycles. The van der Waals surface area contributed by atoms with Gasteiger partial charge in [0.1, 0.15) is 0 Å². The minimum atomic E-state index is -0.653. The van der Waals surface area contributed by atoms with E-state index in [9.17, 15) is 9.59 Å². The number of carbonyl (C=O) groups excluding carboxylic acids is 2. The van der Waals surface area contributed by atoms with Crippen LogP contribution in [-0.4, -0.2) is 31.6 Å². The predicted octanol–water partition coefficient (Wildman–Crippen LogP) is 3.58. The van der Waals surface area contributed by atoms with Crippen LogP contribution < -0.4 is 21.3 Å². The number of nitrogens with zero attached hydrogens (tertiary/aromatic N) is 1. The van der Waals surface area contributed by atoms with Crippen LogP contribution in [0, 0.1) is 0 Å². The van der Waals surface area contributed by atoms with Crippen molar-refractivity contribution in [3.63, 3.8) is 0 Å². The van der Waals surface area contributed by atoms with Gasteiger partial charge in [-0.1, -0.05) is 46.3 Å². The van der Waals surface area contributed by atoms with E-state index in [0.29, 0.717) is 6.54 Å². The van der Waals surface area contributed by atoms with E-state index in [1.807, 2.05) is 42.5 Å². The Morgan fingerprint density at radius 2 is 1.89 bits per heavy atom. The van der Waals surface area contributed by atoms with Gasteiger partial charge in [-0.15, -0.1) is 0 Å². The summed E-state index contributed by atoms with van der Waals surface area (Å²) in [5.74, 6) is -0.124. The van der Waals surface area contributed by atoms with Crippen molar-refractivity contribution in [2.45, 2.75) is 25.8 Å². The number of nitrogens with two attached hydrogens (primary N) is 1. The van der Waals surface area contributed by atoms with E-state index in [4.69, 9.17) is 5.73 Å². The number of nitrogens with one attached hydrogen (secondary N) is 2. The third-order valence-corrected chi connectivity index (χ3v) is 4.88. The molecule has 2 aromatic carbocycles. The second-order valence-corrected chi connectivity index (χ2v) is 7.35. The molecule has 3 amide bonds. The fraction of sp³-hybridized carbons (Fsp3) is 0.333. The summed E-state index contributed by atoms with van der Waals surface area (Å²) in [7, 11) is 0. The monoisotopic (exact) mass is 446 g/mol. The van der Waals surface area contributed by atoms with E-state index in [0.717, 1.165) is 29.5 Å². The third-order valence-electron chi connectivity index (χ3n) is 4.39. The van der Waals surface area contributed by atoms with Crippen LogP contribution in [0.5, 0.6) is 0 Å². The summed E-state index contributed by atoms with van der Waals surface area (Å²) in [5.41, 5.74) is 7.27. The van der Waals surface area contributed by atoms with Crippen LogP contribution in [0.15, 0.2) is 59.1 Å². The zero-order valence-corrected chi connectivity index (χ0v) is 17.6. The maximum atomic E-state index is 12.3. The van der Waals surface area contributed by atoms with E-state index < -0.39 is 12.1 Å². The number of amides is 3. The van der Waals surface area contributed by atoms with Gasteiger partial charge in [0.05, 0.1) is 12.5 Å². The zero-order valence-electron chi connectivity index (χ0n) is 16.0. The molecule has 0 saturated heterocycles. The van der Waals surface area contributed by atoms with Crippen molar-refractivity contribution in [3.8, 4) is 0 Å². The van der Waals surface area contributed by atoms with Crippen molar-refractivity contribution >= 4 is 33.6 Å². The number of benzene rings is 2. The molecule has 0 saturated carbocycles. The minimum Gasteiger partial charge on any atom is -0.372 e. The van der Waals surface area contributed by atoms with E-state index in [-0.39, 0.29) is 12.3 Å². The van der Waals surface area contributed by atoms with Gasteiger partial charge in [-0.2, -0.15) is 0 Å². The van der Waals surface area contributed by atoms with Crippen molar-refractivity contribution < 1.29 is 9.59 Å². The predicted molar refractivity (Wildman–Crippen MR) is 116 cm³/mol. The van der Waals surface area contributed by atoms with Crippen LogP contribution in [0.4, 0.5) is 10.5 Å². The minimum absolute atomic E-state index is 0.124. The van der Waals surface area contributed by atoms with Gasteiger partial charge in [0.25, 0.3) is 0 Å². The Morgan fingerprint density at radius 1 is 1.14 bits per heavy atom. The molecule has 2 rings (SSSR count). The fourth-order valence-electron chi connectivity index (χ4n) is 3.01. The molecule has 0 aliphatic heterocycles. The van der Waals surface area contributed by atoms with Crippen molar-refractivity contribution in [2.75, 3.05) is 24.5 Å². The molecular formula is C21H27BrN4O2. The van der Waals surface area contributed by atoms with E-state index in [2.05, 4.69) is 50.5 Å². The summed E-state index contributed by atoms with van der Waals surface area (Å²) in [4.78, 5) is 25.9. The molecule has 0 radical (unpaired) electrons. The molecule has 0 aromatic heterocycles. The smallest absolute Gasteiger partial charge is 0.312 e. The Morgan fingerprint density at radius 3 is 2.54 bits per heavy atom. The SMILES string of the molecule is CCN(CCCNC(=O)C[C@@H](NC(N)=O)c1cccc(Br)c1)c1ccccc1. The molecule has 150 valence electrons. The Labute approximate surface area is 174 Å². The average Bonchev–Trinajstić information content (AvgIpc) is 2.68. The van der Waals surface area contributed by atoms with Crippen LogP contribution in [0.3, 0.4) is 0 Å². The number of rotatable bonds is 10. The van der Waals surface area contributed by atoms with Gasteiger partial charge in [0, 0.05) is 29.8 Å². The number of hydrogen-bond donors (Lipinski definition) is 3. The Hall–Kier alpha value is -2.54. The lowest BCUT2D eigenvalue weighted by molar-refractivity contribution is -0.121. The Kier molecular flexibility index (Phi) is 8.81. The standard InChI is InChI=1S/C21H27BrN4O2/c1-2-26(18-10-4-3-5-11-18)13-7-12-24-20(27)15-19(25-21(23)28)16-8-6-9-17(22)14-16/h3-6,8-11,14,19H,2,7,12-13,15H2,1H3,(H,24,27)(H3,23,25,28)/t19-/m1/s1. The number of anilines is 1. The molecule has 0 spiro atoms. The number of carbonyl (C=O) groups is 2. The highest BCUT2D eigenvalue weighted by atomic mass is 79.9. The largest absolute Gasteiger partial charge is 0.372 e. The third kappa shape index (κ3) is 7.23. The van der Waals surface area contributed by atoms with Gasteiger partial charge in [0.15, 0.2) is 0 Å². The number of hydrogen-bond acceptors (Lipinski definition) is 3. The van der Waals surface area contributed by atoms with Crippen LogP contribution in [0.25, 0.3) is 0 Å². The first-order valence-corrected chi connectivity index (χ1v) is 10.2. The summed E-state index contributed by atoms with van der Waals surface area (Å²) in [6, 6.07) is 16.6. The summed E-state index contributed by atoms with van der Waals surface area (Å²) in [5, 5.41) is 5.57. The lowest BCUT2D eigenvalue weighted by Gasteiger charge is -2.23. The summed E-state index contributed by atoms with van der Waals surface area (Å²) in [6.07, 6.45) is 0.967. The first kappa shape index (κ1) is 21.8. The van der Waals surface area contributed by atoms with Crippen LogP contribution in [-0.2, 0) is 4.79 Å². The quantitative estimate of drug-likeness (QED) is 0.487. The number of primary amides is 1. The number of urea groups is 1. The molecule has 28 heavy (non-hydrogen) atoms. The first-order valence-electron chi connectivity index (χ1n) is 9.37. The first-order chi connectivity index (χ1) is 13.5. The molecule has 2 aromatic rings. The average molecular weight is 447 g/mol. The van der Waals surface area contributed by atoms with Gasteiger partial charge in [-0.3, -0.25) is 4.79 Å². The van der Waals surface area contributed by atoms with Gasteiger partial charge in [-0.25, -0.2) is 4.79 Å². The highest BCUT2D eigenvalue weighted by molar-refractivity contribution is 9.10. The molecule has 7 heteroatoms. The van der Waals surface area contributed by atoms with Crippen LogP contribution >= 0.6 is 15.9 Å². The molecular weight excluding hydrogens is 420 g/mol. The number of halogens is 1. The second-order valence-electron chi connectivity index (χ2n) is 6.44. The molecule has 0 aliphatic carbocycles. The highest BCUT2D eigenvalue weighted by Crippen LogP contribution is 2.21. The van der Waals surface area contributed by atoms with Crippen molar-refractivity contribution in [3.05, 3.63) is 64.6 Å². The number of para-hydroxylation sites is 1. The van der Waals surface area contributed by atoms with Gasteiger partial charge in [-0.05, 0) is 43.2 Å². The molecule has 0 bridgehead atoms. The van der Waals surface area contributed by atoms with Crippen molar-refractivity contribution in [2.24, 2.45) is 5.73 Å². The Balaban J connectivity index is 1.83. The van der Waals surface area contributed by atoms with Crippen molar-refractivity contribution in [1.82, 2.24) is 10.6 Å². The van der Waals surface area contributed by atoms with E-state index in [1.165, 1.54) is 5.69 Å². The van der Waals surface area contributed by atoms with Gasteiger partial charge >= 0.3 is 6.03 Å². The van der Waals surface area contributed by atoms with Gasteiger partial charge < -0.3 is 21.3 Å².